The number of nitrogens with zero attached hydrogens (tertiary/aromatic N) is 2. The predicted molar refractivity (Wildman–Crippen MR) is 69.0 cm³/mol. The maximum atomic E-state index is 11.6. The van der Waals surface area contributed by atoms with E-state index in [1.54, 1.807) is 11.8 Å². The van der Waals surface area contributed by atoms with Gasteiger partial charge in [0.25, 0.3) is 0 Å². The number of hydrogen-bond acceptors (Lipinski definition) is 4. The van der Waals surface area contributed by atoms with Crippen molar-refractivity contribution in [2.75, 3.05) is 20.1 Å². The third-order valence-electron chi connectivity index (χ3n) is 4.28. The van der Waals surface area contributed by atoms with Gasteiger partial charge in [0.1, 0.15) is 0 Å². The minimum atomic E-state index is -0.236. The van der Waals surface area contributed by atoms with Crippen molar-refractivity contribution in [3.8, 4) is 0 Å². The van der Waals surface area contributed by atoms with Crippen LogP contribution in [-0.4, -0.2) is 60.4 Å². The molecular formula is C13H23N3O2. The van der Waals surface area contributed by atoms with Gasteiger partial charge in [-0.05, 0) is 52.7 Å². The summed E-state index contributed by atoms with van der Waals surface area (Å²) in [5.41, 5.74) is 0. The van der Waals surface area contributed by atoms with Crippen molar-refractivity contribution in [2.24, 2.45) is 0 Å². The van der Waals surface area contributed by atoms with Crippen molar-refractivity contribution in [1.29, 1.82) is 0 Å². The highest BCUT2D eigenvalue weighted by Crippen LogP contribution is 2.23. The lowest BCUT2D eigenvalue weighted by Crippen LogP contribution is -2.59. The molecule has 0 aromatic carbocycles. The van der Waals surface area contributed by atoms with Crippen LogP contribution in [0.4, 0.5) is 0 Å². The second-order valence-electron chi connectivity index (χ2n) is 5.45. The molecule has 1 amide bonds. The molecule has 2 aliphatic heterocycles. The molecule has 0 radical (unpaired) electrons. The number of amides is 1. The highest BCUT2D eigenvalue weighted by molar-refractivity contribution is 5.83. The van der Waals surface area contributed by atoms with E-state index in [4.69, 9.17) is 0 Å². The van der Waals surface area contributed by atoms with Gasteiger partial charge >= 0.3 is 0 Å². The lowest BCUT2D eigenvalue weighted by molar-refractivity contribution is -0.135. The Hall–Kier alpha value is -0.940. The smallest absolute Gasteiger partial charge is 0.211 e. The number of Topliss-reactive ketones (excluding diaryl/α,β-unsaturated/α-hetero) is 1. The normalized spacial score (nSPS) is 33.7. The van der Waals surface area contributed by atoms with E-state index in [-0.39, 0.29) is 18.0 Å². The second-order valence-corrected chi connectivity index (χ2v) is 5.45. The molecule has 0 saturated carbocycles. The van der Waals surface area contributed by atoms with Crippen LogP contribution in [0.25, 0.3) is 0 Å². The predicted octanol–water partition coefficient (Wildman–Crippen LogP) is 0.206. The van der Waals surface area contributed by atoms with Crippen LogP contribution in [0.15, 0.2) is 0 Å². The van der Waals surface area contributed by atoms with E-state index in [0.29, 0.717) is 6.04 Å². The third-order valence-corrected chi connectivity index (χ3v) is 4.28. The molecule has 5 nitrogen and oxygen atoms in total. The van der Waals surface area contributed by atoms with Crippen molar-refractivity contribution in [1.82, 2.24) is 15.1 Å². The van der Waals surface area contributed by atoms with E-state index in [2.05, 4.69) is 17.3 Å². The van der Waals surface area contributed by atoms with Gasteiger partial charge in [-0.25, -0.2) is 0 Å². The first-order valence-corrected chi connectivity index (χ1v) is 6.80. The Labute approximate surface area is 108 Å². The van der Waals surface area contributed by atoms with Gasteiger partial charge < -0.3 is 9.80 Å². The Morgan fingerprint density at radius 1 is 1.44 bits per heavy atom. The molecule has 0 aromatic heterocycles. The number of hydrogen-bond donors (Lipinski definition) is 1. The zero-order valence-electron chi connectivity index (χ0n) is 11.3. The van der Waals surface area contributed by atoms with E-state index in [1.807, 2.05) is 0 Å². The van der Waals surface area contributed by atoms with E-state index >= 15 is 0 Å². The number of likely N-dealkylation sites (tertiary alicyclic amines) is 1. The highest BCUT2D eigenvalue weighted by atomic mass is 16.1. The monoisotopic (exact) mass is 253 g/mol. The van der Waals surface area contributed by atoms with Crippen molar-refractivity contribution >= 4 is 12.2 Å². The molecule has 0 aromatic rings. The Bertz CT molecular complexity index is 321. The molecule has 2 fully saturated rings. The fraction of sp³-hybridized carbons (Fsp3) is 0.846. The third kappa shape index (κ3) is 2.72. The van der Waals surface area contributed by atoms with Crippen LogP contribution in [0.5, 0.6) is 0 Å². The Kier molecular flexibility index (Phi) is 4.35. The number of rotatable bonds is 4. The maximum absolute atomic E-state index is 11.6. The van der Waals surface area contributed by atoms with Gasteiger partial charge in [-0.2, -0.15) is 0 Å². The molecule has 3 unspecified atom stereocenters. The minimum absolute atomic E-state index is 0.00991. The molecule has 2 aliphatic rings. The lowest BCUT2D eigenvalue weighted by Gasteiger charge is -2.41. The Morgan fingerprint density at radius 2 is 2.22 bits per heavy atom. The van der Waals surface area contributed by atoms with Crippen LogP contribution in [-0.2, 0) is 9.59 Å². The SMILES string of the molecule is CC(=O)C1CCNC(CC2CCCN2C)N1C=O. The summed E-state index contributed by atoms with van der Waals surface area (Å²) in [6.45, 7) is 3.52. The maximum Gasteiger partial charge on any atom is 0.211 e. The largest absolute Gasteiger partial charge is 0.320 e. The Balaban J connectivity index is 2.01. The summed E-state index contributed by atoms with van der Waals surface area (Å²) in [7, 11) is 2.13. The van der Waals surface area contributed by atoms with Crippen molar-refractivity contribution < 1.29 is 9.59 Å². The molecule has 2 heterocycles. The summed E-state index contributed by atoms with van der Waals surface area (Å²) in [6.07, 6.45) is 4.90. The zero-order chi connectivity index (χ0) is 13.1. The molecule has 2 saturated heterocycles. The summed E-state index contributed by atoms with van der Waals surface area (Å²) in [5.74, 6) is 0.0911. The fourth-order valence-electron chi connectivity index (χ4n) is 3.16. The summed E-state index contributed by atoms with van der Waals surface area (Å²) in [4.78, 5) is 26.9. The molecule has 0 bridgehead atoms. The second kappa shape index (κ2) is 5.80. The van der Waals surface area contributed by atoms with E-state index in [9.17, 15) is 9.59 Å². The van der Waals surface area contributed by atoms with Crippen molar-refractivity contribution in [2.45, 2.75) is 50.9 Å². The molecule has 2 rings (SSSR count). The molecule has 102 valence electrons. The van der Waals surface area contributed by atoms with Crippen LogP contribution in [0, 0.1) is 0 Å². The van der Waals surface area contributed by atoms with Gasteiger partial charge in [0.05, 0.1) is 12.2 Å². The Morgan fingerprint density at radius 3 is 2.78 bits per heavy atom. The average molecular weight is 253 g/mol. The topological polar surface area (TPSA) is 52.7 Å². The summed E-state index contributed by atoms with van der Waals surface area (Å²) < 4.78 is 0. The molecule has 1 N–H and O–H groups in total. The first-order chi connectivity index (χ1) is 8.63. The van der Waals surface area contributed by atoms with Gasteiger partial charge in [0, 0.05) is 6.04 Å². The average Bonchev–Trinajstić information content (AvgIpc) is 2.74. The minimum Gasteiger partial charge on any atom is -0.320 e. The molecule has 3 atom stereocenters. The van der Waals surface area contributed by atoms with Gasteiger partial charge in [0.2, 0.25) is 6.41 Å². The van der Waals surface area contributed by atoms with Gasteiger partial charge in [-0.1, -0.05) is 0 Å². The molecule has 0 spiro atoms. The van der Waals surface area contributed by atoms with Crippen LogP contribution in [0.2, 0.25) is 0 Å². The van der Waals surface area contributed by atoms with E-state index in [1.165, 1.54) is 12.8 Å². The summed E-state index contributed by atoms with van der Waals surface area (Å²) in [6, 6.07) is 0.288. The van der Waals surface area contributed by atoms with Gasteiger partial charge in [-0.3, -0.25) is 14.9 Å². The fourth-order valence-corrected chi connectivity index (χ4v) is 3.16. The number of carbonyl (C=O) groups excluding carboxylic acids is 2. The number of ketones is 1. The van der Waals surface area contributed by atoms with E-state index < -0.39 is 0 Å². The summed E-state index contributed by atoms with van der Waals surface area (Å²) >= 11 is 0. The highest BCUT2D eigenvalue weighted by Gasteiger charge is 2.34. The van der Waals surface area contributed by atoms with Crippen LogP contribution in [0.1, 0.15) is 32.6 Å². The number of carbonyl (C=O) groups is 2. The lowest BCUT2D eigenvalue weighted by atomic mass is 10.0. The summed E-state index contributed by atoms with van der Waals surface area (Å²) in [5, 5.41) is 3.37. The zero-order valence-corrected chi connectivity index (χ0v) is 11.3. The van der Waals surface area contributed by atoms with Crippen molar-refractivity contribution in [3.05, 3.63) is 0 Å². The van der Waals surface area contributed by atoms with Gasteiger partial charge in [-0.15, -0.1) is 0 Å². The first kappa shape index (κ1) is 13.5. The molecule has 0 aliphatic carbocycles. The van der Waals surface area contributed by atoms with Crippen LogP contribution < -0.4 is 5.32 Å². The molecular weight excluding hydrogens is 230 g/mol. The van der Waals surface area contributed by atoms with Crippen molar-refractivity contribution in [3.63, 3.8) is 0 Å². The quantitative estimate of drug-likeness (QED) is 0.728. The molecule has 18 heavy (non-hydrogen) atoms. The standard InChI is InChI=1S/C13H23N3O2/c1-10(18)12-5-6-14-13(16(12)9-17)8-11-4-3-7-15(11)2/h9,11-14H,3-8H2,1-2H3. The first-order valence-electron chi connectivity index (χ1n) is 6.80. The number of nitrogens with one attached hydrogen (secondary N) is 1. The van der Waals surface area contributed by atoms with Crippen LogP contribution >= 0.6 is 0 Å². The van der Waals surface area contributed by atoms with Gasteiger partial charge in [0.15, 0.2) is 5.78 Å². The molecule has 5 heteroatoms. The van der Waals surface area contributed by atoms with E-state index in [0.717, 1.165) is 32.3 Å². The van der Waals surface area contributed by atoms with Crippen LogP contribution in [0.3, 0.4) is 0 Å².